The lowest BCUT2D eigenvalue weighted by Crippen LogP contribution is -3.15. The van der Waals surface area contributed by atoms with Crippen molar-refractivity contribution in [2.45, 2.75) is 13.5 Å². The molecule has 0 spiro atoms. The van der Waals surface area contributed by atoms with E-state index in [-0.39, 0.29) is 5.91 Å². The van der Waals surface area contributed by atoms with Gasteiger partial charge < -0.3 is 19.6 Å². The van der Waals surface area contributed by atoms with Gasteiger partial charge in [0.2, 0.25) is 0 Å². The van der Waals surface area contributed by atoms with Crippen LogP contribution in [0.3, 0.4) is 0 Å². The third-order valence-corrected chi connectivity index (χ3v) is 5.92. The third-order valence-electron chi connectivity index (χ3n) is 5.68. The number of hydrogen-bond donors (Lipinski definition) is 1. The number of halogens is 1. The van der Waals surface area contributed by atoms with E-state index in [2.05, 4.69) is 47.1 Å². The van der Waals surface area contributed by atoms with Crippen LogP contribution in [0, 0.1) is 6.92 Å². The Labute approximate surface area is 179 Å². The molecule has 156 valence electrons. The summed E-state index contributed by atoms with van der Waals surface area (Å²) in [5.41, 5.74) is 4.78. The molecule has 1 aliphatic rings. The standard InChI is InChI=1S/C23H31ClN4O/c1-18-5-8-20(24)15-22(18)28-13-11-27(12-14-28)17-23(29)26(4)16-19-6-9-21(10-7-19)25(2)3/h5-10,15H,11-14,16-17H2,1-4H3/p+1. The Bertz CT molecular complexity index is 829. The number of nitrogens with zero attached hydrogens (tertiary/aromatic N) is 3. The van der Waals surface area contributed by atoms with Crippen molar-refractivity contribution in [2.75, 3.05) is 63.7 Å². The monoisotopic (exact) mass is 415 g/mol. The molecule has 2 aromatic rings. The average molecular weight is 416 g/mol. The molecule has 0 aliphatic carbocycles. The fraction of sp³-hybridized carbons (Fsp3) is 0.435. The highest BCUT2D eigenvalue weighted by atomic mass is 35.5. The highest BCUT2D eigenvalue weighted by molar-refractivity contribution is 6.30. The van der Waals surface area contributed by atoms with E-state index < -0.39 is 0 Å². The molecule has 5 nitrogen and oxygen atoms in total. The number of carbonyl (C=O) groups is 1. The quantitative estimate of drug-likeness (QED) is 0.783. The fourth-order valence-corrected chi connectivity index (χ4v) is 3.94. The normalized spacial score (nSPS) is 14.7. The van der Waals surface area contributed by atoms with Crippen LogP contribution < -0.4 is 14.7 Å². The summed E-state index contributed by atoms with van der Waals surface area (Å²) >= 11 is 6.17. The summed E-state index contributed by atoms with van der Waals surface area (Å²) < 4.78 is 0. The Balaban J connectivity index is 1.49. The van der Waals surface area contributed by atoms with Crippen molar-refractivity contribution in [1.29, 1.82) is 0 Å². The lowest BCUT2D eigenvalue weighted by atomic mass is 10.1. The fourth-order valence-electron chi connectivity index (χ4n) is 3.77. The number of rotatable bonds is 6. The van der Waals surface area contributed by atoms with Gasteiger partial charge in [0.1, 0.15) is 0 Å². The number of likely N-dealkylation sites (N-methyl/N-ethyl adjacent to an activating group) is 1. The predicted octanol–water partition coefficient (Wildman–Crippen LogP) is 2.08. The number of hydrogen-bond acceptors (Lipinski definition) is 3. The maximum absolute atomic E-state index is 12.7. The summed E-state index contributed by atoms with van der Waals surface area (Å²) in [7, 11) is 5.95. The maximum Gasteiger partial charge on any atom is 0.277 e. The van der Waals surface area contributed by atoms with Gasteiger partial charge in [0.25, 0.3) is 5.91 Å². The minimum atomic E-state index is 0.198. The van der Waals surface area contributed by atoms with Crippen LogP contribution >= 0.6 is 11.6 Å². The van der Waals surface area contributed by atoms with Gasteiger partial charge in [-0.3, -0.25) is 4.79 Å². The summed E-state index contributed by atoms with van der Waals surface area (Å²) in [6, 6.07) is 14.4. The second kappa shape index (κ2) is 9.51. The maximum atomic E-state index is 12.7. The van der Waals surface area contributed by atoms with E-state index in [1.807, 2.05) is 38.2 Å². The first-order valence-corrected chi connectivity index (χ1v) is 10.6. The Morgan fingerprint density at radius 1 is 1.07 bits per heavy atom. The summed E-state index contributed by atoms with van der Waals surface area (Å²) in [6.07, 6.45) is 0. The van der Waals surface area contributed by atoms with E-state index in [4.69, 9.17) is 11.6 Å². The molecule has 3 rings (SSSR count). The van der Waals surface area contributed by atoms with Crippen LogP contribution in [-0.2, 0) is 11.3 Å². The molecule has 0 aromatic heterocycles. The summed E-state index contributed by atoms with van der Waals surface area (Å²) in [5, 5.41) is 0.774. The number of piperazine rings is 1. The Morgan fingerprint density at radius 2 is 1.72 bits per heavy atom. The number of aryl methyl sites for hydroxylation is 1. The van der Waals surface area contributed by atoms with Crippen molar-refractivity contribution in [1.82, 2.24) is 4.90 Å². The van der Waals surface area contributed by atoms with Crippen molar-refractivity contribution in [3.8, 4) is 0 Å². The molecule has 0 unspecified atom stereocenters. The highest BCUT2D eigenvalue weighted by Crippen LogP contribution is 2.24. The number of nitrogens with one attached hydrogen (secondary N) is 1. The average Bonchev–Trinajstić information content (AvgIpc) is 2.71. The number of benzene rings is 2. The van der Waals surface area contributed by atoms with Gasteiger partial charge in [0.05, 0.1) is 26.2 Å². The first kappa shape index (κ1) is 21.5. The van der Waals surface area contributed by atoms with Gasteiger partial charge in [-0.05, 0) is 42.3 Å². The Morgan fingerprint density at radius 3 is 2.34 bits per heavy atom. The summed E-state index contributed by atoms with van der Waals surface area (Å²) in [5.74, 6) is 0.198. The van der Waals surface area contributed by atoms with Crippen LogP contribution in [-0.4, -0.2) is 64.7 Å². The van der Waals surface area contributed by atoms with E-state index in [9.17, 15) is 4.79 Å². The van der Waals surface area contributed by atoms with Gasteiger partial charge in [0, 0.05) is 44.1 Å². The lowest BCUT2D eigenvalue weighted by Gasteiger charge is -2.34. The van der Waals surface area contributed by atoms with Gasteiger partial charge in [0.15, 0.2) is 6.54 Å². The van der Waals surface area contributed by atoms with Crippen molar-refractivity contribution >= 4 is 28.9 Å². The van der Waals surface area contributed by atoms with Crippen molar-refractivity contribution in [2.24, 2.45) is 0 Å². The van der Waals surface area contributed by atoms with Gasteiger partial charge in [-0.2, -0.15) is 0 Å². The van der Waals surface area contributed by atoms with Gasteiger partial charge in [-0.15, -0.1) is 0 Å². The van der Waals surface area contributed by atoms with Crippen molar-refractivity contribution in [3.05, 3.63) is 58.6 Å². The number of anilines is 2. The van der Waals surface area contributed by atoms with Gasteiger partial charge >= 0.3 is 0 Å². The molecule has 1 aliphatic heterocycles. The highest BCUT2D eigenvalue weighted by Gasteiger charge is 2.24. The molecule has 0 atom stereocenters. The second-order valence-corrected chi connectivity index (χ2v) is 8.59. The Hall–Kier alpha value is -2.24. The van der Waals surface area contributed by atoms with Crippen molar-refractivity contribution < 1.29 is 9.69 Å². The minimum absolute atomic E-state index is 0.198. The molecule has 1 saturated heterocycles. The van der Waals surface area contributed by atoms with Gasteiger partial charge in [-0.25, -0.2) is 0 Å². The predicted molar refractivity (Wildman–Crippen MR) is 121 cm³/mol. The van der Waals surface area contributed by atoms with E-state index in [1.54, 1.807) is 0 Å². The van der Waals surface area contributed by atoms with Crippen LogP contribution in [0.4, 0.5) is 11.4 Å². The zero-order valence-corrected chi connectivity index (χ0v) is 18.7. The molecular formula is C23H32ClN4O+. The van der Waals surface area contributed by atoms with Crippen LogP contribution in [0.25, 0.3) is 0 Å². The van der Waals surface area contributed by atoms with Crippen LogP contribution in [0.5, 0.6) is 0 Å². The van der Waals surface area contributed by atoms with E-state index >= 15 is 0 Å². The number of carbonyl (C=O) groups excluding carboxylic acids is 1. The number of amides is 1. The first-order valence-electron chi connectivity index (χ1n) is 10.2. The molecule has 1 amide bonds. The minimum Gasteiger partial charge on any atom is -0.378 e. The molecule has 29 heavy (non-hydrogen) atoms. The third kappa shape index (κ3) is 5.64. The van der Waals surface area contributed by atoms with E-state index in [0.717, 1.165) is 36.8 Å². The topological polar surface area (TPSA) is 31.2 Å². The zero-order valence-electron chi connectivity index (χ0n) is 17.9. The smallest absolute Gasteiger partial charge is 0.277 e. The Kier molecular flexibility index (Phi) is 7.04. The molecule has 0 radical (unpaired) electrons. The lowest BCUT2D eigenvalue weighted by molar-refractivity contribution is -0.892. The first-order chi connectivity index (χ1) is 13.8. The molecule has 1 fully saturated rings. The van der Waals surface area contributed by atoms with Gasteiger partial charge in [-0.1, -0.05) is 29.8 Å². The number of quaternary nitrogens is 1. The SMILES string of the molecule is Cc1ccc(Cl)cc1N1CC[NH+](CC(=O)N(C)Cc2ccc(N(C)C)cc2)CC1. The molecule has 1 N–H and O–H groups in total. The largest absolute Gasteiger partial charge is 0.378 e. The zero-order chi connectivity index (χ0) is 21.0. The molecule has 0 saturated carbocycles. The van der Waals surface area contributed by atoms with E-state index in [1.165, 1.54) is 21.8 Å². The molecule has 2 aromatic carbocycles. The summed E-state index contributed by atoms with van der Waals surface area (Å²) in [4.78, 5) is 20.3. The molecule has 0 bridgehead atoms. The van der Waals surface area contributed by atoms with Crippen LogP contribution in [0.15, 0.2) is 42.5 Å². The van der Waals surface area contributed by atoms with Crippen LogP contribution in [0.1, 0.15) is 11.1 Å². The second-order valence-electron chi connectivity index (χ2n) is 8.16. The van der Waals surface area contributed by atoms with Crippen molar-refractivity contribution in [3.63, 3.8) is 0 Å². The summed E-state index contributed by atoms with van der Waals surface area (Å²) in [6.45, 7) is 7.13. The van der Waals surface area contributed by atoms with Crippen LogP contribution in [0.2, 0.25) is 5.02 Å². The molecular weight excluding hydrogens is 384 g/mol. The molecule has 1 heterocycles. The molecule has 6 heteroatoms. The van der Waals surface area contributed by atoms with E-state index in [0.29, 0.717) is 13.1 Å².